The highest BCUT2D eigenvalue weighted by Crippen LogP contribution is 2.20. The van der Waals surface area contributed by atoms with Gasteiger partial charge in [-0.2, -0.15) is 11.8 Å². The van der Waals surface area contributed by atoms with Gasteiger partial charge in [-0.3, -0.25) is 4.79 Å². The van der Waals surface area contributed by atoms with Crippen molar-refractivity contribution in [3.63, 3.8) is 0 Å². The highest BCUT2D eigenvalue weighted by molar-refractivity contribution is 7.99. The van der Waals surface area contributed by atoms with Gasteiger partial charge in [-0.05, 0) is 50.7 Å². The molecule has 2 rings (SSSR count). The van der Waals surface area contributed by atoms with Crippen LogP contribution in [-0.4, -0.2) is 36.0 Å². The smallest absolute Gasteiger partial charge is 0.223 e. The van der Waals surface area contributed by atoms with Gasteiger partial charge in [0.1, 0.15) is 0 Å². The van der Waals surface area contributed by atoms with Crippen LogP contribution in [0.2, 0.25) is 0 Å². The molecule has 0 aliphatic carbocycles. The summed E-state index contributed by atoms with van der Waals surface area (Å²) in [7, 11) is 0. The minimum Gasteiger partial charge on any atom is -0.353 e. The second-order valence-corrected chi connectivity index (χ2v) is 6.20. The van der Waals surface area contributed by atoms with Crippen molar-refractivity contribution in [3.8, 4) is 0 Å². The number of piperidine rings is 1. The summed E-state index contributed by atoms with van der Waals surface area (Å²) in [6.45, 7) is 3.15. The summed E-state index contributed by atoms with van der Waals surface area (Å²) in [4.78, 5) is 12.1. The van der Waals surface area contributed by atoms with Gasteiger partial charge < -0.3 is 10.6 Å². The number of nitrogens with one attached hydrogen (secondary N) is 2. The molecule has 2 saturated heterocycles. The molecule has 3 nitrogen and oxygen atoms in total. The van der Waals surface area contributed by atoms with Gasteiger partial charge in [0, 0.05) is 18.0 Å². The molecule has 2 atom stereocenters. The average Bonchev–Trinajstić information content (AvgIpc) is 2.30. The molecule has 16 heavy (non-hydrogen) atoms. The molecule has 0 saturated carbocycles. The topological polar surface area (TPSA) is 41.1 Å². The van der Waals surface area contributed by atoms with Crippen LogP contribution in [0, 0.1) is 5.92 Å². The molecule has 0 radical (unpaired) electrons. The zero-order valence-corrected chi connectivity index (χ0v) is 10.8. The van der Waals surface area contributed by atoms with Crippen LogP contribution < -0.4 is 10.6 Å². The Bertz CT molecular complexity index is 241. The summed E-state index contributed by atoms with van der Waals surface area (Å²) in [5, 5.41) is 6.62. The minimum atomic E-state index is 0.242. The summed E-state index contributed by atoms with van der Waals surface area (Å²) in [6.07, 6.45) is 4.29. The van der Waals surface area contributed by atoms with Gasteiger partial charge in [0.15, 0.2) is 0 Å². The van der Waals surface area contributed by atoms with Crippen LogP contribution in [0.3, 0.4) is 0 Å². The van der Waals surface area contributed by atoms with Gasteiger partial charge in [-0.25, -0.2) is 0 Å². The maximum absolute atomic E-state index is 12.1. The lowest BCUT2D eigenvalue weighted by Gasteiger charge is -2.30. The van der Waals surface area contributed by atoms with Gasteiger partial charge in [0.05, 0.1) is 0 Å². The van der Waals surface area contributed by atoms with Crippen LogP contribution in [0.5, 0.6) is 0 Å². The average molecular weight is 242 g/mol. The summed E-state index contributed by atoms with van der Waals surface area (Å²) >= 11 is 2.00. The molecule has 2 N–H and O–H groups in total. The van der Waals surface area contributed by atoms with Crippen molar-refractivity contribution in [2.75, 3.05) is 18.1 Å². The molecule has 0 aromatic heterocycles. The Kier molecular flexibility index (Phi) is 4.53. The van der Waals surface area contributed by atoms with E-state index in [1.807, 2.05) is 11.8 Å². The van der Waals surface area contributed by atoms with E-state index in [1.54, 1.807) is 0 Å². The maximum atomic E-state index is 12.1. The molecule has 2 heterocycles. The molecule has 92 valence electrons. The lowest BCUT2D eigenvalue weighted by molar-refractivity contribution is -0.126. The first-order valence-electron chi connectivity index (χ1n) is 6.37. The van der Waals surface area contributed by atoms with E-state index in [9.17, 15) is 4.79 Å². The number of carbonyl (C=O) groups excluding carboxylic acids is 1. The van der Waals surface area contributed by atoms with Crippen molar-refractivity contribution < 1.29 is 4.79 Å². The predicted octanol–water partition coefficient (Wildman–Crippen LogP) is 1.39. The van der Waals surface area contributed by atoms with Crippen molar-refractivity contribution >= 4 is 17.7 Å². The van der Waals surface area contributed by atoms with E-state index in [0.29, 0.717) is 18.0 Å². The number of rotatable bonds is 2. The maximum Gasteiger partial charge on any atom is 0.223 e. The van der Waals surface area contributed by atoms with Gasteiger partial charge in [-0.15, -0.1) is 0 Å². The fourth-order valence-electron chi connectivity index (χ4n) is 2.53. The molecule has 0 spiro atoms. The third-order valence-electron chi connectivity index (χ3n) is 3.56. The fraction of sp³-hybridized carbons (Fsp3) is 0.917. The van der Waals surface area contributed by atoms with Crippen LogP contribution >= 0.6 is 11.8 Å². The zero-order valence-electron chi connectivity index (χ0n) is 10.00. The first-order chi connectivity index (χ1) is 7.75. The predicted molar refractivity (Wildman–Crippen MR) is 68.7 cm³/mol. The van der Waals surface area contributed by atoms with Crippen molar-refractivity contribution in [2.45, 2.75) is 44.7 Å². The van der Waals surface area contributed by atoms with Gasteiger partial charge in [0.2, 0.25) is 5.91 Å². The number of hydrogen-bond acceptors (Lipinski definition) is 3. The van der Waals surface area contributed by atoms with E-state index in [2.05, 4.69) is 17.6 Å². The third kappa shape index (κ3) is 3.39. The van der Waals surface area contributed by atoms with E-state index in [-0.39, 0.29) is 5.92 Å². The first kappa shape index (κ1) is 12.2. The molecule has 4 heteroatoms. The lowest BCUT2D eigenvalue weighted by Crippen LogP contribution is -2.46. The molecule has 2 fully saturated rings. The Morgan fingerprint density at radius 2 is 2.06 bits per heavy atom. The van der Waals surface area contributed by atoms with Crippen LogP contribution in [-0.2, 0) is 4.79 Å². The van der Waals surface area contributed by atoms with Crippen LogP contribution in [0.4, 0.5) is 0 Å². The Balaban J connectivity index is 1.77. The molecular formula is C12H22N2OS. The summed E-state index contributed by atoms with van der Waals surface area (Å²) < 4.78 is 0. The Labute approximate surface area is 102 Å². The SMILES string of the molecule is C[C@H]1C[C@@H](C(=O)NC2CCSCC2)CCN1. The second kappa shape index (κ2) is 5.92. The second-order valence-electron chi connectivity index (χ2n) is 4.97. The highest BCUT2D eigenvalue weighted by Gasteiger charge is 2.26. The molecule has 0 bridgehead atoms. The normalized spacial score (nSPS) is 32.3. The molecular weight excluding hydrogens is 220 g/mol. The number of hydrogen-bond donors (Lipinski definition) is 2. The third-order valence-corrected chi connectivity index (χ3v) is 4.61. The summed E-state index contributed by atoms with van der Waals surface area (Å²) in [6, 6.07) is 0.936. The summed E-state index contributed by atoms with van der Waals surface area (Å²) in [5.41, 5.74) is 0. The van der Waals surface area contributed by atoms with E-state index in [4.69, 9.17) is 0 Å². The van der Waals surface area contributed by atoms with Crippen LogP contribution in [0.25, 0.3) is 0 Å². The highest BCUT2D eigenvalue weighted by atomic mass is 32.2. The van der Waals surface area contributed by atoms with Crippen molar-refractivity contribution in [2.24, 2.45) is 5.92 Å². The monoisotopic (exact) mass is 242 g/mol. The fourth-order valence-corrected chi connectivity index (χ4v) is 3.64. The summed E-state index contributed by atoms with van der Waals surface area (Å²) in [5.74, 6) is 2.94. The van der Waals surface area contributed by atoms with Crippen molar-refractivity contribution in [3.05, 3.63) is 0 Å². The lowest BCUT2D eigenvalue weighted by atomic mass is 9.92. The number of carbonyl (C=O) groups is 1. The van der Waals surface area contributed by atoms with Crippen LogP contribution in [0.15, 0.2) is 0 Å². The van der Waals surface area contributed by atoms with E-state index in [0.717, 1.165) is 32.2 Å². The molecule has 0 unspecified atom stereocenters. The van der Waals surface area contributed by atoms with Gasteiger partial charge in [-0.1, -0.05) is 0 Å². The quantitative estimate of drug-likeness (QED) is 0.769. The van der Waals surface area contributed by atoms with Crippen molar-refractivity contribution in [1.29, 1.82) is 0 Å². The van der Waals surface area contributed by atoms with E-state index < -0.39 is 0 Å². The standard InChI is InChI=1S/C12H22N2OS/c1-9-8-10(2-5-13-9)12(15)14-11-3-6-16-7-4-11/h9-11,13H,2-8H2,1H3,(H,14,15)/t9-,10-/m0/s1. The van der Waals surface area contributed by atoms with Crippen LogP contribution in [0.1, 0.15) is 32.6 Å². The number of thioether (sulfide) groups is 1. The van der Waals surface area contributed by atoms with E-state index in [1.165, 1.54) is 11.5 Å². The van der Waals surface area contributed by atoms with Crippen molar-refractivity contribution in [1.82, 2.24) is 10.6 Å². The van der Waals surface area contributed by atoms with Gasteiger partial charge >= 0.3 is 0 Å². The Morgan fingerprint density at radius 3 is 2.75 bits per heavy atom. The zero-order chi connectivity index (χ0) is 11.4. The van der Waals surface area contributed by atoms with Gasteiger partial charge in [0.25, 0.3) is 0 Å². The van der Waals surface area contributed by atoms with E-state index >= 15 is 0 Å². The Hall–Kier alpha value is -0.220. The molecule has 2 aliphatic heterocycles. The molecule has 2 aliphatic rings. The first-order valence-corrected chi connectivity index (χ1v) is 7.52. The molecule has 1 amide bonds. The largest absolute Gasteiger partial charge is 0.353 e. The minimum absolute atomic E-state index is 0.242. The molecule has 0 aromatic rings. The molecule has 0 aromatic carbocycles. The number of amides is 1. The Morgan fingerprint density at radius 1 is 1.31 bits per heavy atom.